The van der Waals surface area contributed by atoms with Crippen molar-refractivity contribution in [3.05, 3.63) is 59.7 Å². The summed E-state index contributed by atoms with van der Waals surface area (Å²) in [7, 11) is 0. The highest BCUT2D eigenvalue weighted by Crippen LogP contribution is 2.33. The monoisotopic (exact) mass is 292 g/mol. The van der Waals surface area contributed by atoms with Gasteiger partial charge in [0.1, 0.15) is 0 Å². The molecule has 1 atom stereocenters. The zero-order valence-corrected chi connectivity index (χ0v) is 13.1. The average Bonchev–Trinajstić information content (AvgIpc) is 3.47. The van der Waals surface area contributed by atoms with Gasteiger partial charge in [-0.25, -0.2) is 0 Å². The molecule has 1 saturated heterocycles. The number of aryl methyl sites for hydroxylation is 2. The van der Waals surface area contributed by atoms with Crippen LogP contribution in [-0.4, -0.2) is 12.7 Å². The molecule has 0 radical (unpaired) electrons. The van der Waals surface area contributed by atoms with E-state index in [1.807, 2.05) is 0 Å². The highest BCUT2D eigenvalue weighted by atomic mass is 16.6. The van der Waals surface area contributed by atoms with Crippen LogP contribution in [-0.2, 0) is 17.6 Å². The minimum atomic E-state index is 0.530. The first-order valence-electron chi connectivity index (χ1n) is 8.67. The molecule has 1 heteroatoms. The summed E-state index contributed by atoms with van der Waals surface area (Å²) in [6, 6.07) is 18.2. The lowest BCUT2D eigenvalue weighted by Gasteiger charge is -2.06. The van der Waals surface area contributed by atoms with Crippen molar-refractivity contribution in [3.8, 4) is 11.1 Å². The Morgan fingerprint density at radius 3 is 1.68 bits per heavy atom. The molecule has 4 rings (SSSR count). The van der Waals surface area contributed by atoms with Crippen LogP contribution in [0, 0.1) is 5.92 Å². The summed E-state index contributed by atoms with van der Waals surface area (Å²) < 4.78 is 5.27. The quantitative estimate of drug-likeness (QED) is 0.652. The number of rotatable bonds is 7. The van der Waals surface area contributed by atoms with Gasteiger partial charge in [0.05, 0.1) is 12.7 Å². The van der Waals surface area contributed by atoms with E-state index in [0.29, 0.717) is 6.10 Å². The van der Waals surface area contributed by atoms with Gasteiger partial charge in [0.2, 0.25) is 0 Å². The van der Waals surface area contributed by atoms with E-state index < -0.39 is 0 Å². The van der Waals surface area contributed by atoms with Crippen LogP contribution in [0.2, 0.25) is 0 Å². The van der Waals surface area contributed by atoms with Crippen molar-refractivity contribution in [2.24, 2.45) is 5.92 Å². The molecule has 1 unspecified atom stereocenters. The standard InChI is InChI=1S/C21H24O/c1-2-16(1)3-4-17-5-10-19(11-6-17)20-12-7-18(8-13-20)9-14-21-15-22-21/h5-8,10-13,16,21H,1-4,9,14-15H2. The topological polar surface area (TPSA) is 12.5 Å². The van der Waals surface area contributed by atoms with Gasteiger partial charge in [-0.3, -0.25) is 0 Å². The van der Waals surface area contributed by atoms with Crippen LogP contribution in [0.5, 0.6) is 0 Å². The summed E-state index contributed by atoms with van der Waals surface area (Å²) in [6.45, 7) is 0.963. The minimum Gasteiger partial charge on any atom is -0.373 e. The molecule has 114 valence electrons. The Balaban J connectivity index is 1.37. The van der Waals surface area contributed by atoms with Crippen molar-refractivity contribution >= 4 is 0 Å². The molecule has 2 aliphatic rings. The Hall–Kier alpha value is -1.60. The van der Waals surface area contributed by atoms with E-state index in [4.69, 9.17) is 4.74 Å². The third kappa shape index (κ3) is 3.78. The summed E-state index contributed by atoms with van der Waals surface area (Å²) in [6.07, 6.45) is 8.35. The fourth-order valence-electron chi connectivity index (χ4n) is 3.07. The fraction of sp³-hybridized carbons (Fsp3) is 0.429. The maximum Gasteiger partial charge on any atom is 0.0813 e. The van der Waals surface area contributed by atoms with Crippen LogP contribution in [0.1, 0.15) is 36.8 Å². The predicted molar refractivity (Wildman–Crippen MR) is 91.0 cm³/mol. The molecule has 0 N–H and O–H groups in total. The lowest BCUT2D eigenvalue weighted by atomic mass is 9.99. The maximum absolute atomic E-state index is 5.27. The Morgan fingerprint density at radius 1 is 0.727 bits per heavy atom. The van der Waals surface area contributed by atoms with E-state index in [1.54, 1.807) is 0 Å². The maximum atomic E-state index is 5.27. The SMILES string of the molecule is c1cc(-c2ccc(CCC3CO3)cc2)ccc1CCC1CC1. The van der Waals surface area contributed by atoms with Crippen LogP contribution >= 0.6 is 0 Å². The zero-order chi connectivity index (χ0) is 14.8. The molecule has 2 fully saturated rings. The van der Waals surface area contributed by atoms with Gasteiger partial charge < -0.3 is 4.74 Å². The van der Waals surface area contributed by atoms with Crippen molar-refractivity contribution in [1.29, 1.82) is 0 Å². The van der Waals surface area contributed by atoms with Crippen molar-refractivity contribution in [2.45, 2.75) is 44.6 Å². The van der Waals surface area contributed by atoms with Crippen LogP contribution in [0.4, 0.5) is 0 Å². The smallest absolute Gasteiger partial charge is 0.0813 e. The molecular formula is C21H24O. The van der Waals surface area contributed by atoms with Crippen molar-refractivity contribution in [2.75, 3.05) is 6.61 Å². The summed E-state index contributed by atoms with van der Waals surface area (Å²) in [4.78, 5) is 0. The second-order valence-corrected chi connectivity index (χ2v) is 6.87. The second kappa shape index (κ2) is 6.26. The molecular weight excluding hydrogens is 268 g/mol. The molecule has 1 aliphatic carbocycles. The Bertz CT molecular complexity index is 546. The van der Waals surface area contributed by atoms with Crippen molar-refractivity contribution < 1.29 is 4.74 Å². The van der Waals surface area contributed by atoms with Gasteiger partial charge >= 0.3 is 0 Å². The second-order valence-electron chi connectivity index (χ2n) is 6.87. The zero-order valence-electron chi connectivity index (χ0n) is 13.1. The number of hydrogen-bond donors (Lipinski definition) is 0. The minimum absolute atomic E-state index is 0.530. The summed E-state index contributed by atoms with van der Waals surface area (Å²) in [5.74, 6) is 1.02. The van der Waals surface area contributed by atoms with E-state index in [9.17, 15) is 0 Å². The average molecular weight is 292 g/mol. The summed E-state index contributed by atoms with van der Waals surface area (Å²) in [5, 5.41) is 0. The number of benzene rings is 2. The molecule has 2 aromatic carbocycles. The first-order valence-corrected chi connectivity index (χ1v) is 8.67. The van der Waals surface area contributed by atoms with Gasteiger partial charge in [-0.05, 0) is 53.9 Å². The van der Waals surface area contributed by atoms with Crippen LogP contribution < -0.4 is 0 Å². The van der Waals surface area contributed by atoms with E-state index in [0.717, 1.165) is 25.4 Å². The molecule has 2 aromatic rings. The molecule has 0 bridgehead atoms. The fourth-order valence-corrected chi connectivity index (χ4v) is 3.07. The first kappa shape index (κ1) is 14.0. The summed E-state index contributed by atoms with van der Waals surface area (Å²) >= 11 is 0. The number of epoxide rings is 1. The highest BCUT2D eigenvalue weighted by Gasteiger charge is 2.21. The Kier molecular flexibility index (Phi) is 3.99. The highest BCUT2D eigenvalue weighted by molar-refractivity contribution is 5.64. The first-order chi connectivity index (χ1) is 10.9. The lowest BCUT2D eigenvalue weighted by Crippen LogP contribution is -1.91. The third-order valence-corrected chi connectivity index (χ3v) is 4.94. The molecule has 1 nitrogen and oxygen atoms in total. The summed E-state index contributed by atoms with van der Waals surface area (Å²) in [5.41, 5.74) is 5.55. The van der Waals surface area contributed by atoms with Gasteiger partial charge in [0.15, 0.2) is 0 Å². The Morgan fingerprint density at radius 2 is 1.23 bits per heavy atom. The van der Waals surface area contributed by atoms with Crippen molar-refractivity contribution in [3.63, 3.8) is 0 Å². The predicted octanol–water partition coefficient (Wildman–Crippen LogP) is 5.03. The van der Waals surface area contributed by atoms with Crippen LogP contribution in [0.3, 0.4) is 0 Å². The number of hydrogen-bond acceptors (Lipinski definition) is 1. The van der Waals surface area contributed by atoms with Crippen molar-refractivity contribution in [1.82, 2.24) is 0 Å². The van der Waals surface area contributed by atoms with Gasteiger partial charge in [-0.15, -0.1) is 0 Å². The molecule has 1 aliphatic heterocycles. The van der Waals surface area contributed by atoms with E-state index >= 15 is 0 Å². The number of ether oxygens (including phenoxy) is 1. The van der Waals surface area contributed by atoms with Gasteiger partial charge in [0, 0.05) is 0 Å². The van der Waals surface area contributed by atoms with Crippen LogP contribution in [0.15, 0.2) is 48.5 Å². The van der Waals surface area contributed by atoms with E-state index in [-0.39, 0.29) is 0 Å². The lowest BCUT2D eigenvalue weighted by molar-refractivity contribution is 0.397. The van der Waals surface area contributed by atoms with E-state index in [1.165, 1.54) is 47.9 Å². The molecule has 0 amide bonds. The molecule has 0 spiro atoms. The van der Waals surface area contributed by atoms with Crippen LogP contribution in [0.25, 0.3) is 11.1 Å². The molecule has 1 saturated carbocycles. The van der Waals surface area contributed by atoms with Gasteiger partial charge in [-0.2, -0.15) is 0 Å². The molecule has 22 heavy (non-hydrogen) atoms. The third-order valence-electron chi connectivity index (χ3n) is 4.94. The Labute approximate surface area is 133 Å². The normalized spacial score (nSPS) is 20.1. The van der Waals surface area contributed by atoms with E-state index in [2.05, 4.69) is 48.5 Å². The van der Waals surface area contributed by atoms with Gasteiger partial charge in [-0.1, -0.05) is 61.4 Å². The molecule has 1 heterocycles. The largest absolute Gasteiger partial charge is 0.373 e. The van der Waals surface area contributed by atoms with Gasteiger partial charge in [0.25, 0.3) is 0 Å². The molecule has 0 aromatic heterocycles.